The average Bonchev–Trinajstić information content (AvgIpc) is 3.15. The number of nitrogens with zero attached hydrogens (tertiary/aromatic N) is 1. The molecule has 2 aliphatic heterocycles. The Morgan fingerprint density at radius 3 is 2.24 bits per heavy atom. The summed E-state index contributed by atoms with van der Waals surface area (Å²) in [7, 11) is 0. The van der Waals surface area contributed by atoms with Crippen molar-refractivity contribution in [1.29, 1.82) is 0 Å². The summed E-state index contributed by atoms with van der Waals surface area (Å²) in [6.07, 6.45) is 5.34. The average molecular weight is 361 g/mol. The normalized spacial score (nSPS) is 20.4. The molecular weight excluding hydrogens is 344 g/mol. The lowest BCUT2D eigenvalue weighted by Crippen LogP contribution is -2.46. The lowest BCUT2D eigenvalue weighted by molar-refractivity contribution is -0.00547. The van der Waals surface area contributed by atoms with Crippen molar-refractivity contribution >= 4 is 23.3 Å². The second-order valence-electron chi connectivity index (χ2n) is 6.08. The first-order valence-corrected chi connectivity index (χ1v) is 8.70. The van der Waals surface area contributed by atoms with E-state index in [4.69, 9.17) is 11.2 Å². The highest BCUT2D eigenvalue weighted by atomic mass is 32.1. The first kappa shape index (κ1) is 17.6. The van der Waals surface area contributed by atoms with E-state index >= 15 is 0 Å². The van der Waals surface area contributed by atoms with Gasteiger partial charge in [0.25, 0.3) is 0 Å². The molecule has 0 unspecified atom stereocenters. The fourth-order valence-electron chi connectivity index (χ4n) is 2.89. The number of fused-ring (bicyclic) bond motifs is 1. The number of aldehydes is 1. The number of thiophene rings is 1. The smallest absolute Gasteiger partial charge is 0.184 e. The maximum atomic E-state index is 14.2. The van der Waals surface area contributed by atoms with Gasteiger partial charge in [-0.25, -0.2) is 8.78 Å². The Labute approximate surface area is 149 Å². The minimum absolute atomic E-state index is 0.0431. The summed E-state index contributed by atoms with van der Waals surface area (Å²) in [5, 5.41) is 0. The fraction of sp³-hybridized carbons (Fsp3) is 0.316. The number of hydrogen-bond donors (Lipinski definition) is 0. The monoisotopic (exact) mass is 361 g/mol. The van der Waals surface area contributed by atoms with Crippen LogP contribution in [-0.4, -0.2) is 31.6 Å². The third kappa shape index (κ3) is 3.58. The van der Waals surface area contributed by atoms with E-state index in [0.717, 1.165) is 0 Å². The highest BCUT2D eigenvalue weighted by Gasteiger charge is 2.28. The summed E-state index contributed by atoms with van der Waals surface area (Å²) in [6.45, 7) is 4.45. The van der Waals surface area contributed by atoms with Crippen molar-refractivity contribution in [1.82, 2.24) is 0 Å². The van der Waals surface area contributed by atoms with E-state index in [1.54, 1.807) is 4.90 Å². The van der Waals surface area contributed by atoms with Gasteiger partial charge in [-0.2, -0.15) is 0 Å². The minimum Gasteiger partial charge on any atom is -0.372 e. The molecule has 0 spiro atoms. The Kier molecular flexibility index (Phi) is 4.89. The van der Waals surface area contributed by atoms with Gasteiger partial charge in [0.05, 0.1) is 23.5 Å². The molecule has 130 valence electrons. The van der Waals surface area contributed by atoms with E-state index in [9.17, 15) is 13.6 Å². The summed E-state index contributed by atoms with van der Waals surface area (Å²) < 4.78 is 33.6. The van der Waals surface area contributed by atoms with Crippen LogP contribution in [0, 0.1) is 24.0 Å². The topological polar surface area (TPSA) is 29.5 Å². The van der Waals surface area contributed by atoms with Crippen molar-refractivity contribution in [2.24, 2.45) is 0 Å². The van der Waals surface area contributed by atoms with Crippen LogP contribution in [0.2, 0.25) is 0 Å². The second kappa shape index (κ2) is 6.95. The molecule has 0 aromatic heterocycles. The maximum absolute atomic E-state index is 14.2. The Morgan fingerprint density at radius 1 is 1.24 bits per heavy atom. The van der Waals surface area contributed by atoms with Crippen LogP contribution >= 0.6 is 11.3 Å². The van der Waals surface area contributed by atoms with Gasteiger partial charge in [0.2, 0.25) is 0 Å². The number of terminal acetylenes is 1. The molecule has 3 aliphatic rings. The van der Waals surface area contributed by atoms with Crippen LogP contribution in [0.1, 0.15) is 29.8 Å². The van der Waals surface area contributed by atoms with Crippen LogP contribution < -0.4 is 4.90 Å². The molecule has 0 radical (unpaired) electrons. The molecule has 1 aromatic rings. The predicted octanol–water partition coefficient (Wildman–Crippen LogP) is 4.10. The number of rotatable bonds is 2. The molecule has 0 N–H and O–H groups in total. The summed E-state index contributed by atoms with van der Waals surface area (Å²) >= 11 is 1.88. The Morgan fingerprint density at radius 2 is 1.84 bits per heavy atom. The van der Waals surface area contributed by atoms with Crippen molar-refractivity contribution in [3.8, 4) is 22.1 Å². The van der Waals surface area contributed by atoms with Gasteiger partial charge in [0.15, 0.2) is 17.9 Å². The Bertz CT molecular complexity index is 822. The van der Waals surface area contributed by atoms with Crippen LogP contribution in [0.15, 0.2) is 18.2 Å². The predicted molar refractivity (Wildman–Crippen MR) is 95.2 cm³/mol. The van der Waals surface area contributed by atoms with Gasteiger partial charge in [-0.3, -0.25) is 4.79 Å². The SMILES string of the molecule is C#Cc1cc(C=O)c(N2C[C@@H](C)O[C@@H](C)C2)c(F)c1F.c1cc2sc1-2. The van der Waals surface area contributed by atoms with E-state index < -0.39 is 11.6 Å². The summed E-state index contributed by atoms with van der Waals surface area (Å²) in [6, 6.07) is 5.48. The molecule has 1 aromatic carbocycles. The quantitative estimate of drug-likeness (QED) is 0.508. The van der Waals surface area contributed by atoms with E-state index in [1.165, 1.54) is 15.8 Å². The first-order chi connectivity index (χ1) is 11.9. The van der Waals surface area contributed by atoms with Gasteiger partial charge in [0, 0.05) is 28.4 Å². The summed E-state index contributed by atoms with van der Waals surface area (Å²) in [5.74, 6) is -0.136. The lowest BCUT2D eigenvalue weighted by Gasteiger charge is -2.37. The number of carbonyl (C=O) groups excluding carboxylic acids is 1. The third-order valence-electron chi connectivity index (χ3n) is 4.04. The zero-order valence-electron chi connectivity index (χ0n) is 13.9. The van der Waals surface area contributed by atoms with Gasteiger partial charge in [-0.05, 0) is 32.0 Å². The van der Waals surface area contributed by atoms with Crippen molar-refractivity contribution < 1.29 is 18.3 Å². The number of anilines is 1. The highest BCUT2D eigenvalue weighted by molar-refractivity contribution is 7.30. The number of benzene rings is 1. The minimum atomic E-state index is -1.10. The molecule has 1 saturated heterocycles. The number of carbonyl (C=O) groups is 1. The molecule has 0 saturated carbocycles. The zero-order valence-corrected chi connectivity index (χ0v) is 14.7. The van der Waals surface area contributed by atoms with Crippen LogP contribution in [0.5, 0.6) is 0 Å². The number of hydrogen-bond acceptors (Lipinski definition) is 4. The summed E-state index contributed by atoms with van der Waals surface area (Å²) in [4.78, 5) is 15.8. The standard InChI is InChI=1S/C15H15F2NO2.C4H2S/c1-4-11-5-12(8-19)15(14(17)13(11)16)18-6-9(2)20-10(3)7-18;1-2-4-3(1)5-4/h1,5,8-10H,6-7H2,2-3H3;1-2H/t9-,10+;. The maximum Gasteiger partial charge on any atom is 0.184 e. The lowest BCUT2D eigenvalue weighted by atomic mass is 10.1. The fourth-order valence-corrected chi connectivity index (χ4v) is 3.49. The highest BCUT2D eigenvalue weighted by Crippen LogP contribution is 2.45. The van der Waals surface area contributed by atoms with Gasteiger partial charge in [-0.1, -0.05) is 5.92 Å². The molecule has 3 nitrogen and oxygen atoms in total. The van der Waals surface area contributed by atoms with Gasteiger partial charge in [-0.15, -0.1) is 17.8 Å². The summed E-state index contributed by atoms with van der Waals surface area (Å²) in [5.41, 5.74) is -0.237. The first-order valence-electron chi connectivity index (χ1n) is 7.89. The van der Waals surface area contributed by atoms with Crippen LogP contribution in [-0.2, 0) is 4.74 Å². The molecule has 4 rings (SSSR count). The van der Waals surface area contributed by atoms with E-state index in [2.05, 4.69) is 12.1 Å². The van der Waals surface area contributed by atoms with E-state index in [0.29, 0.717) is 19.4 Å². The van der Waals surface area contributed by atoms with Crippen molar-refractivity contribution in [2.45, 2.75) is 26.1 Å². The van der Waals surface area contributed by atoms with Crippen molar-refractivity contribution in [2.75, 3.05) is 18.0 Å². The molecule has 25 heavy (non-hydrogen) atoms. The Balaban J connectivity index is 0.000000304. The largest absolute Gasteiger partial charge is 0.372 e. The zero-order chi connectivity index (χ0) is 18.1. The van der Waals surface area contributed by atoms with Gasteiger partial charge in [0.1, 0.15) is 0 Å². The van der Waals surface area contributed by atoms with E-state index in [1.807, 2.05) is 31.1 Å². The Hall–Kier alpha value is -2.23. The number of ether oxygens (including phenoxy) is 1. The second-order valence-corrected chi connectivity index (χ2v) is 7.16. The van der Waals surface area contributed by atoms with Gasteiger partial charge >= 0.3 is 0 Å². The van der Waals surface area contributed by atoms with Crippen LogP contribution in [0.3, 0.4) is 0 Å². The molecule has 6 heteroatoms. The molecule has 1 aliphatic carbocycles. The van der Waals surface area contributed by atoms with Crippen molar-refractivity contribution in [3.63, 3.8) is 0 Å². The molecule has 0 amide bonds. The number of halogens is 2. The van der Waals surface area contributed by atoms with Crippen LogP contribution in [0.25, 0.3) is 9.75 Å². The third-order valence-corrected chi connectivity index (χ3v) is 4.98. The van der Waals surface area contributed by atoms with E-state index in [-0.39, 0.29) is 29.0 Å². The van der Waals surface area contributed by atoms with Gasteiger partial charge < -0.3 is 9.64 Å². The van der Waals surface area contributed by atoms with Crippen LogP contribution in [0.4, 0.5) is 14.5 Å². The number of morpholine rings is 1. The molecule has 2 atom stereocenters. The molecule has 1 fully saturated rings. The van der Waals surface area contributed by atoms with Crippen molar-refractivity contribution in [3.05, 3.63) is 41.0 Å². The molecular formula is C19H17F2NO2S. The molecule has 2 heterocycles. The molecule has 0 bridgehead atoms.